The summed E-state index contributed by atoms with van der Waals surface area (Å²) < 4.78 is 5.26. The fourth-order valence-electron chi connectivity index (χ4n) is 3.02. The van der Waals surface area contributed by atoms with Crippen molar-refractivity contribution in [3.63, 3.8) is 0 Å². The largest absolute Gasteiger partial charge is 0.449 e. The predicted octanol–water partition coefficient (Wildman–Crippen LogP) is 3.04. The van der Waals surface area contributed by atoms with E-state index in [2.05, 4.69) is 17.0 Å². The Labute approximate surface area is 163 Å². The standard InChI is InChI=1S/C21H24N2O3S/c1-17(26-20(24)8-7-19-9-14-27-16-19)21(25)23-12-10-22(11-13-23)15-18-5-3-2-4-6-18/h2-9,14,16-17H,10-13,15H2,1H3/b8-7+. The van der Waals surface area contributed by atoms with Crippen molar-refractivity contribution in [1.29, 1.82) is 0 Å². The van der Waals surface area contributed by atoms with E-state index in [1.165, 1.54) is 11.6 Å². The van der Waals surface area contributed by atoms with Crippen LogP contribution in [-0.2, 0) is 20.9 Å². The molecule has 1 fully saturated rings. The third kappa shape index (κ3) is 5.77. The van der Waals surface area contributed by atoms with E-state index in [9.17, 15) is 9.59 Å². The number of piperazine rings is 1. The lowest BCUT2D eigenvalue weighted by molar-refractivity contribution is -0.156. The van der Waals surface area contributed by atoms with Crippen LogP contribution in [0.5, 0.6) is 0 Å². The van der Waals surface area contributed by atoms with Crippen LogP contribution < -0.4 is 0 Å². The summed E-state index contributed by atoms with van der Waals surface area (Å²) in [7, 11) is 0. The van der Waals surface area contributed by atoms with E-state index in [0.717, 1.165) is 25.2 Å². The highest BCUT2D eigenvalue weighted by Gasteiger charge is 2.26. The molecular formula is C21H24N2O3S. The van der Waals surface area contributed by atoms with Gasteiger partial charge in [-0.2, -0.15) is 11.3 Å². The van der Waals surface area contributed by atoms with Crippen molar-refractivity contribution < 1.29 is 14.3 Å². The molecule has 0 spiro atoms. The quantitative estimate of drug-likeness (QED) is 0.567. The van der Waals surface area contributed by atoms with Gasteiger partial charge in [0.2, 0.25) is 0 Å². The van der Waals surface area contributed by atoms with E-state index in [1.54, 1.807) is 29.2 Å². The first-order chi connectivity index (χ1) is 13.1. The summed E-state index contributed by atoms with van der Waals surface area (Å²) in [5, 5.41) is 3.88. The molecule has 1 aromatic carbocycles. The highest BCUT2D eigenvalue weighted by atomic mass is 32.1. The number of hydrogen-bond acceptors (Lipinski definition) is 5. The number of hydrogen-bond donors (Lipinski definition) is 0. The third-order valence-corrected chi connectivity index (χ3v) is 5.23. The van der Waals surface area contributed by atoms with Gasteiger partial charge in [-0.3, -0.25) is 9.69 Å². The summed E-state index contributed by atoms with van der Waals surface area (Å²) in [6.45, 7) is 5.46. The second kappa shape index (κ2) is 9.48. The highest BCUT2D eigenvalue weighted by Crippen LogP contribution is 2.11. The molecule has 1 aromatic heterocycles. The fraction of sp³-hybridized carbons (Fsp3) is 0.333. The van der Waals surface area contributed by atoms with Crippen molar-refractivity contribution in [2.45, 2.75) is 19.6 Å². The number of esters is 1. The van der Waals surface area contributed by atoms with Gasteiger partial charge in [-0.05, 0) is 41.0 Å². The first-order valence-corrected chi connectivity index (χ1v) is 10.0. The van der Waals surface area contributed by atoms with Crippen molar-refractivity contribution in [2.24, 2.45) is 0 Å². The van der Waals surface area contributed by atoms with Gasteiger partial charge >= 0.3 is 5.97 Å². The van der Waals surface area contributed by atoms with Gasteiger partial charge in [0.15, 0.2) is 6.10 Å². The molecule has 2 heterocycles. The summed E-state index contributed by atoms with van der Waals surface area (Å²) in [4.78, 5) is 28.6. The summed E-state index contributed by atoms with van der Waals surface area (Å²) in [6.07, 6.45) is 2.28. The van der Waals surface area contributed by atoms with E-state index >= 15 is 0 Å². The molecule has 1 aliphatic rings. The van der Waals surface area contributed by atoms with Crippen LogP contribution in [0.15, 0.2) is 53.2 Å². The van der Waals surface area contributed by atoms with Crippen LogP contribution in [0.25, 0.3) is 6.08 Å². The minimum atomic E-state index is -0.773. The van der Waals surface area contributed by atoms with Crippen LogP contribution in [0.2, 0.25) is 0 Å². The van der Waals surface area contributed by atoms with E-state index in [-0.39, 0.29) is 5.91 Å². The normalized spacial score (nSPS) is 16.4. The summed E-state index contributed by atoms with van der Waals surface area (Å²) in [5.74, 6) is -0.628. The molecule has 142 valence electrons. The molecule has 0 radical (unpaired) electrons. The van der Waals surface area contributed by atoms with Gasteiger partial charge in [0.05, 0.1) is 0 Å². The molecule has 5 nitrogen and oxygen atoms in total. The van der Waals surface area contributed by atoms with Crippen LogP contribution in [0.1, 0.15) is 18.1 Å². The van der Waals surface area contributed by atoms with Gasteiger partial charge in [0.25, 0.3) is 5.91 Å². The molecule has 3 rings (SSSR count). The monoisotopic (exact) mass is 384 g/mol. The highest BCUT2D eigenvalue weighted by molar-refractivity contribution is 7.08. The van der Waals surface area contributed by atoms with Crippen LogP contribution in [0.3, 0.4) is 0 Å². The number of amides is 1. The fourth-order valence-corrected chi connectivity index (χ4v) is 3.65. The van der Waals surface area contributed by atoms with Gasteiger partial charge in [0, 0.05) is 38.8 Å². The van der Waals surface area contributed by atoms with Crippen molar-refractivity contribution in [3.05, 3.63) is 64.4 Å². The van der Waals surface area contributed by atoms with Gasteiger partial charge in [-0.1, -0.05) is 30.3 Å². The van der Waals surface area contributed by atoms with E-state index < -0.39 is 12.1 Å². The number of carbonyl (C=O) groups excluding carboxylic acids is 2. The van der Waals surface area contributed by atoms with E-state index in [4.69, 9.17) is 4.74 Å². The Hall–Kier alpha value is -2.44. The lowest BCUT2D eigenvalue weighted by Gasteiger charge is -2.35. The SMILES string of the molecule is CC(OC(=O)/C=C/c1ccsc1)C(=O)N1CCN(Cc2ccccc2)CC1. The van der Waals surface area contributed by atoms with Crippen LogP contribution in [0, 0.1) is 0 Å². The van der Waals surface area contributed by atoms with Crippen molar-refractivity contribution in [1.82, 2.24) is 9.80 Å². The lowest BCUT2D eigenvalue weighted by atomic mass is 10.2. The number of ether oxygens (including phenoxy) is 1. The third-order valence-electron chi connectivity index (χ3n) is 4.53. The molecule has 0 N–H and O–H groups in total. The maximum absolute atomic E-state index is 12.5. The Morgan fingerprint density at radius 3 is 2.56 bits per heavy atom. The molecule has 1 aliphatic heterocycles. The van der Waals surface area contributed by atoms with Crippen LogP contribution in [-0.4, -0.2) is 54.0 Å². The van der Waals surface area contributed by atoms with Crippen LogP contribution in [0.4, 0.5) is 0 Å². The minimum Gasteiger partial charge on any atom is -0.449 e. The second-order valence-electron chi connectivity index (χ2n) is 6.56. The zero-order valence-corrected chi connectivity index (χ0v) is 16.2. The molecular weight excluding hydrogens is 360 g/mol. The zero-order chi connectivity index (χ0) is 19.1. The first kappa shape index (κ1) is 19.3. The van der Waals surface area contributed by atoms with Crippen LogP contribution >= 0.6 is 11.3 Å². The molecule has 27 heavy (non-hydrogen) atoms. The second-order valence-corrected chi connectivity index (χ2v) is 7.34. The minimum absolute atomic E-state index is 0.133. The molecule has 1 atom stereocenters. The molecule has 2 aromatic rings. The molecule has 0 aliphatic carbocycles. The van der Waals surface area contributed by atoms with E-state index in [0.29, 0.717) is 13.1 Å². The van der Waals surface area contributed by atoms with Gasteiger partial charge in [0.1, 0.15) is 0 Å². The number of nitrogens with zero attached hydrogens (tertiary/aromatic N) is 2. The number of thiophene rings is 1. The zero-order valence-electron chi connectivity index (χ0n) is 15.4. The predicted molar refractivity (Wildman–Crippen MR) is 107 cm³/mol. The lowest BCUT2D eigenvalue weighted by Crippen LogP contribution is -2.51. The number of rotatable bonds is 6. The first-order valence-electron chi connectivity index (χ1n) is 9.08. The summed E-state index contributed by atoms with van der Waals surface area (Å²) >= 11 is 1.56. The molecule has 1 amide bonds. The molecule has 1 unspecified atom stereocenters. The average Bonchev–Trinajstić information content (AvgIpc) is 3.21. The summed E-state index contributed by atoms with van der Waals surface area (Å²) in [6, 6.07) is 12.2. The van der Waals surface area contributed by atoms with Gasteiger partial charge in [-0.25, -0.2) is 4.79 Å². The maximum Gasteiger partial charge on any atom is 0.331 e. The Morgan fingerprint density at radius 2 is 1.89 bits per heavy atom. The average molecular weight is 385 g/mol. The summed E-state index contributed by atoms with van der Waals surface area (Å²) in [5.41, 5.74) is 2.22. The molecule has 0 saturated carbocycles. The molecule has 6 heteroatoms. The Kier molecular flexibility index (Phi) is 6.79. The van der Waals surface area contributed by atoms with Gasteiger partial charge < -0.3 is 9.64 Å². The van der Waals surface area contributed by atoms with E-state index in [1.807, 2.05) is 35.0 Å². The smallest absolute Gasteiger partial charge is 0.331 e. The van der Waals surface area contributed by atoms with Crippen molar-refractivity contribution in [2.75, 3.05) is 26.2 Å². The number of carbonyl (C=O) groups is 2. The molecule has 1 saturated heterocycles. The molecule has 0 bridgehead atoms. The Bertz CT molecular complexity index is 766. The van der Waals surface area contributed by atoms with Gasteiger partial charge in [-0.15, -0.1) is 0 Å². The Balaban J connectivity index is 1.43. The topological polar surface area (TPSA) is 49.9 Å². The number of benzene rings is 1. The van der Waals surface area contributed by atoms with Crippen molar-refractivity contribution in [3.8, 4) is 0 Å². The maximum atomic E-state index is 12.5. The Morgan fingerprint density at radius 1 is 1.15 bits per heavy atom. The van der Waals surface area contributed by atoms with Crippen molar-refractivity contribution >= 4 is 29.3 Å².